The Kier molecular flexibility index (Phi) is 5.90. The van der Waals surface area contributed by atoms with Crippen LogP contribution in [0.4, 0.5) is 0 Å². The molecule has 0 saturated heterocycles. The van der Waals surface area contributed by atoms with E-state index < -0.39 is 0 Å². The summed E-state index contributed by atoms with van der Waals surface area (Å²) >= 11 is 5.94. The summed E-state index contributed by atoms with van der Waals surface area (Å²) in [6, 6.07) is 4.99. The molecule has 4 heteroatoms. The van der Waals surface area contributed by atoms with Crippen LogP contribution in [0.15, 0.2) is 18.2 Å². The van der Waals surface area contributed by atoms with Gasteiger partial charge in [-0.25, -0.2) is 0 Å². The van der Waals surface area contributed by atoms with E-state index >= 15 is 0 Å². The maximum absolute atomic E-state index is 10.5. The molecule has 1 aromatic carbocycles. The van der Waals surface area contributed by atoms with Gasteiger partial charge in [0.1, 0.15) is 12.0 Å². The van der Waals surface area contributed by atoms with E-state index in [2.05, 4.69) is 0 Å². The number of benzene rings is 1. The van der Waals surface area contributed by atoms with Crippen molar-refractivity contribution < 1.29 is 14.3 Å². The van der Waals surface area contributed by atoms with E-state index in [0.717, 1.165) is 25.7 Å². The van der Waals surface area contributed by atoms with E-state index in [9.17, 15) is 4.79 Å². The van der Waals surface area contributed by atoms with Gasteiger partial charge in [0.05, 0.1) is 11.6 Å². The smallest absolute Gasteiger partial charge is 0.150 e. The second kappa shape index (κ2) is 7.25. The molecule has 0 heterocycles. The molecule has 0 saturated carbocycles. The van der Waals surface area contributed by atoms with Gasteiger partial charge in [0.25, 0.3) is 0 Å². The number of methoxy groups -OCH3 is 1. The van der Waals surface area contributed by atoms with Crippen molar-refractivity contribution >= 4 is 17.9 Å². The summed E-state index contributed by atoms with van der Waals surface area (Å²) in [5.41, 5.74) is 0.553. The molecule has 0 radical (unpaired) electrons. The topological polar surface area (TPSA) is 35.5 Å². The van der Waals surface area contributed by atoms with Crippen molar-refractivity contribution in [3.05, 3.63) is 28.8 Å². The molecule has 1 aromatic rings. The van der Waals surface area contributed by atoms with Crippen LogP contribution in [0, 0.1) is 0 Å². The number of aldehydes is 1. The van der Waals surface area contributed by atoms with Gasteiger partial charge in [0.2, 0.25) is 0 Å². The Labute approximate surface area is 100 Å². The number of halogens is 1. The molecule has 0 atom stereocenters. The predicted octanol–water partition coefficient (Wildman–Crippen LogP) is 2.96. The maximum Gasteiger partial charge on any atom is 0.150 e. The van der Waals surface area contributed by atoms with Crippen LogP contribution in [0.3, 0.4) is 0 Å². The third kappa shape index (κ3) is 4.21. The average molecular weight is 243 g/mol. The van der Waals surface area contributed by atoms with E-state index in [4.69, 9.17) is 21.1 Å². The van der Waals surface area contributed by atoms with Crippen LogP contribution in [0.5, 0.6) is 5.75 Å². The minimum atomic E-state index is 0.469. The van der Waals surface area contributed by atoms with Gasteiger partial charge in [-0.1, -0.05) is 11.6 Å². The summed E-state index contributed by atoms with van der Waals surface area (Å²) in [6.07, 6.45) is 2.63. The summed E-state index contributed by atoms with van der Waals surface area (Å²) in [4.78, 5) is 10.5. The van der Waals surface area contributed by atoms with Crippen molar-refractivity contribution in [1.82, 2.24) is 0 Å². The van der Waals surface area contributed by atoms with Crippen LogP contribution in [0.1, 0.15) is 23.2 Å². The summed E-state index contributed by atoms with van der Waals surface area (Å²) in [6.45, 7) is 1.34. The van der Waals surface area contributed by atoms with E-state index in [1.165, 1.54) is 0 Å². The van der Waals surface area contributed by atoms with Gasteiger partial charge >= 0.3 is 0 Å². The third-order valence-electron chi connectivity index (χ3n) is 2.09. The van der Waals surface area contributed by atoms with Crippen molar-refractivity contribution in [2.75, 3.05) is 20.3 Å². The molecule has 3 nitrogen and oxygen atoms in total. The number of carbonyl (C=O) groups is 1. The van der Waals surface area contributed by atoms with Crippen LogP contribution in [0.25, 0.3) is 0 Å². The number of ether oxygens (including phenoxy) is 2. The second-order valence-electron chi connectivity index (χ2n) is 3.36. The molecule has 1 rings (SSSR count). The fraction of sp³-hybridized carbons (Fsp3) is 0.417. The summed E-state index contributed by atoms with van der Waals surface area (Å²) in [7, 11) is 1.68. The maximum atomic E-state index is 10.5. The zero-order valence-electron chi connectivity index (χ0n) is 9.24. The molecule has 0 aromatic heterocycles. The molecule has 0 amide bonds. The monoisotopic (exact) mass is 242 g/mol. The van der Waals surface area contributed by atoms with Crippen molar-refractivity contribution in [3.8, 4) is 5.75 Å². The number of rotatable bonds is 7. The van der Waals surface area contributed by atoms with Gasteiger partial charge in [-0.2, -0.15) is 0 Å². The number of hydrogen-bond donors (Lipinski definition) is 0. The van der Waals surface area contributed by atoms with Crippen LogP contribution < -0.4 is 4.74 Å². The molecule has 0 aliphatic rings. The normalized spacial score (nSPS) is 10.1. The Morgan fingerprint density at radius 3 is 2.69 bits per heavy atom. The molecular formula is C12H15ClO3. The Bertz CT molecular complexity index is 339. The zero-order chi connectivity index (χ0) is 11.8. The van der Waals surface area contributed by atoms with E-state index in [1.54, 1.807) is 25.3 Å². The number of unbranched alkanes of at least 4 members (excludes halogenated alkanes) is 1. The van der Waals surface area contributed by atoms with Crippen molar-refractivity contribution in [2.45, 2.75) is 12.8 Å². The third-order valence-corrected chi connectivity index (χ3v) is 2.39. The van der Waals surface area contributed by atoms with Crippen molar-refractivity contribution in [2.24, 2.45) is 0 Å². The Balaban J connectivity index is 2.39. The fourth-order valence-electron chi connectivity index (χ4n) is 1.24. The van der Waals surface area contributed by atoms with Crippen molar-refractivity contribution in [1.29, 1.82) is 0 Å². The van der Waals surface area contributed by atoms with E-state index in [-0.39, 0.29) is 0 Å². The molecule has 88 valence electrons. The molecular weight excluding hydrogens is 228 g/mol. The van der Waals surface area contributed by atoms with Crippen molar-refractivity contribution in [3.63, 3.8) is 0 Å². The highest BCUT2D eigenvalue weighted by Crippen LogP contribution is 2.25. The molecule has 0 N–H and O–H groups in total. The highest BCUT2D eigenvalue weighted by atomic mass is 35.5. The van der Waals surface area contributed by atoms with Crippen LogP contribution >= 0.6 is 11.6 Å². The highest BCUT2D eigenvalue weighted by Gasteiger charge is 2.02. The minimum absolute atomic E-state index is 0.469. The minimum Gasteiger partial charge on any atom is -0.492 e. The lowest BCUT2D eigenvalue weighted by atomic mass is 10.2. The van der Waals surface area contributed by atoms with Gasteiger partial charge in [0, 0.05) is 19.3 Å². The highest BCUT2D eigenvalue weighted by molar-refractivity contribution is 6.32. The summed E-state index contributed by atoms with van der Waals surface area (Å²) in [5, 5.41) is 0.469. The largest absolute Gasteiger partial charge is 0.492 e. The fourth-order valence-corrected chi connectivity index (χ4v) is 1.48. The van der Waals surface area contributed by atoms with E-state index in [0.29, 0.717) is 22.9 Å². The first kappa shape index (κ1) is 13.0. The average Bonchev–Trinajstić information content (AvgIpc) is 2.30. The Morgan fingerprint density at radius 1 is 1.31 bits per heavy atom. The lowest BCUT2D eigenvalue weighted by Crippen LogP contribution is -2.00. The standard InChI is InChI=1S/C12H15ClO3/c1-15-6-2-3-7-16-12-5-4-10(9-14)8-11(12)13/h4-5,8-9H,2-3,6-7H2,1H3. The molecule has 0 aliphatic heterocycles. The summed E-state index contributed by atoms with van der Waals surface area (Å²) in [5.74, 6) is 0.615. The first-order valence-corrected chi connectivity index (χ1v) is 5.52. The first-order valence-electron chi connectivity index (χ1n) is 5.14. The van der Waals surface area contributed by atoms with Crippen LogP contribution in [-0.4, -0.2) is 26.6 Å². The van der Waals surface area contributed by atoms with Gasteiger partial charge in [0.15, 0.2) is 0 Å². The van der Waals surface area contributed by atoms with Gasteiger partial charge in [-0.3, -0.25) is 4.79 Å². The lowest BCUT2D eigenvalue weighted by molar-refractivity contribution is 0.112. The second-order valence-corrected chi connectivity index (χ2v) is 3.76. The number of hydrogen-bond acceptors (Lipinski definition) is 3. The molecule has 0 aliphatic carbocycles. The van der Waals surface area contributed by atoms with Gasteiger partial charge in [-0.05, 0) is 31.0 Å². The quantitative estimate of drug-likeness (QED) is 0.545. The molecule has 0 bridgehead atoms. The van der Waals surface area contributed by atoms with Crippen LogP contribution in [0.2, 0.25) is 5.02 Å². The SMILES string of the molecule is COCCCCOc1ccc(C=O)cc1Cl. The Morgan fingerprint density at radius 2 is 2.06 bits per heavy atom. The molecule has 0 spiro atoms. The Hall–Kier alpha value is -1.06. The van der Waals surface area contributed by atoms with Crippen LogP contribution in [-0.2, 0) is 4.74 Å². The van der Waals surface area contributed by atoms with E-state index in [1.807, 2.05) is 0 Å². The molecule has 0 unspecified atom stereocenters. The first-order chi connectivity index (χ1) is 7.77. The molecule has 0 fully saturated rings. The predicted molar refractivity (Wildman–Crippen MR) is 63.4 cm³/mol. The zero-order valence-corrected chi connectivity index (χ0v) is 10.00. The van der Waals surface area contributed by atoms with Gasteiger partial charge in [-0.15, -0.1) is 0 Å². The summed E-state index contributed by atoms with van der Waals surface area (Å²) < 4.78 is 10.4. The lowest BCUT2D eigenvalue weighted by Gasteiger charge is -2.07. The number of carbonyl (C=O) groups excluding carboxylic acids is 1. The van der Waals surface area contributed by atoms with Gasteiger partial charge < -0.3 is 9.47 Å². The molecule has 16 heavy (non-hydrogen) atoms.